The van der Waals surface area contributed by atoms with E-state index in [1.165, 1.54) is 6.07 Å². The van der Waals surface area contributed by atoms with Crippen LogP contribution in [0.5, 0.6) is 0 Å². The normalized spacial score (nSPS) is 15.2. The van der Waals surface area contributed by atoms with E-state index in [-0.39, 0.29) is 5.82 Å². The summed E-state index contributed by atoms with van der Waals surface area (Å²) in [5.74, 6) is 0.175. The number of nitriles is 1. The van der Waals surface area contributed by atoms with Crippen molar-refractivity contribution in [3.63, 3.8) is 0 Å². The zero-order valence-electron chi connectivity index (χ0n) is 14.1. The maximum atomic E-state index is 14.5. The van der Waals surface area contributed by atoms with Crippen molar-refractivity contribution in [1.29, 1.82) is 5.26 Å². The summed E-state index contributed by atoms with van der Waals surface area (Å²) in [5.41, 5.74) is 3.19. The van der Waals surface area contributed by atoms with Gasteiger partial charge in [0.15, 0.2) is 0 Å². The quantitative estimate of drug-likeness (QED) is 0.735. The predicted molar refractivity (Wildman–Crippen MR) is 99.0 cm³/mol. The van der Waals surface area contributed by atoms with Crippen LogP contribution in [0.3, 0.4) is 0 Å². The van der Waals surface area contributed by atoms with Gasteiger partial charge in [-0.2, -0.15) is 5.26 Å². The molecule has 1 aliphatic rings. The number of allylic oxidation sites excluding steroid dienone is 1. The van der Waals surface area contributed by atoms with Gasteiger partial charge >= 0.3 is 0 Å². The number of benzene rings is 2. The Bertz CT molecular complexity index is 979. The first kappa shape index (κ1) is 16.3. The van der Waals surface area contributed by atoms with Crippen molar-refractivity contribution in [1.82, 2.24) is 9.97 Å². The topological polar surface area (TPSA) is 64.9 Å². The molecule has 1 N–H and O–H groups in total. The van der Waals surface area contributed by atoms with Gasteiger partial charge in [-0.15, -0.1) is 0 Å². The Balaban J connectivity index is 1.65. The standard InChI is InChI=1S/C20H17FN4O/c21-16-12-14(5-6-19(16)25-7-9-26-10-8-25)11-15(13-22)20-23-17-3-1-2-4-18(17)24-20/h1-6,11-12H,7-10H2,(H,23,24)/b15-11+. The van der Waals surface area contributed by atoms with Gasteiger partial charge in [-0.1, -0.05) is 18.2 Å². The molecule has 0 atom stereocenters. The molecule has 3 aromatic rings. The molecule has 0 saturated carbocycles. The second-order valence-corrected chi connectivity index (χ2v) is 6.08. The Labute approximate surface area is 150 Å². The Morgan fingerprint density at radius 2 is 2.04 bits per heavy atom. The monoisotopic (exact) mass is 348 g/mol. The Morgan fingerprint density at radius 3 is 2.77 bits per heavy atom. The first-order valence-corrected chi connectivity index (χ1v) is 8.44. The summed E-state index contributed by atoms with van der Waals surface area (Å²) in [6.07, 6.45) is 1.64. The smallest absolute Gasteiger partial charge is 0.149 e. The minimum Gasteiger partial charge on any atom is -0.378 e. The lowest BCUT2D eigenvalue weighted by Crippen LogP contribution is -2.36. The molecule has 1 saturated heterocycles. The molecule has 0 amide bonds. The fourth-order valence-electron chi connectivity index (χ4n) is 3.07. The molecule has 130 valence electrons. The highest BCUT2D eigenvalue weighted by Crippen LogP contribution is 2.24. The lowest BCUT2D eigenvalue weighted by atomic mass is 10.1. The van der Waals surface area contributed by atoms with Crippen molar-refractivity contribution >= 4 is 28.4 Å². The number of aromatic amines is 1. The van der Waals surface area contributed by atoms with Crippen molar-refractivity contribution in [2.75, 3.05) is 31.2 Å². The molecule has 6 heteroatoms. The lowest BCUT2D eigenvalue weighted by Gasteiger charge is -2.29. The number of nitrogens with one attached hydrogen (secondary N) is 1. The number of rotatable bonds is 3. The first-order valence-electron chi connectivity index (χ1n) is 8.44. The van der Waals surface area contributed by atoms with Crippen molar-refractivity contribution in [2.45, 2.75) is 0 Å². The highest BCUT2D eigenvalue weighted by Gasteiger charge is 2.15. The van der Waals surface area contributed by atoms with Gasteiger partial charge in [0, 0.05) is 13.1 Å². The lowest BCUT2D eigenvalue weighted by molar-refractivity contribution is 0.122. The highest BCUT2D eigenvalue weighted by atomic mass is 19.1. The van der Waals surface area contributed by atoms with Gasteiger partial charge in [0.25, 0.3) is 0 Å². The highest BCUT2D eigenvalue weighted by molar-refractivity contribution is 5.90. The number of ether oxygens (including phenoxy) is 1. The van der Waals surface area contributed by atoms with E-state index in [9.17, 15) is 9.65 Å². The fraction of sp³-hybridized carbons (Fsp3) is 0.200. The predicted octanol–water partition coefficient (Wildman–Crippen LogP) is 3.60. The molecule has 2 heterocycles. The minimum absolute atomic E-state index is 0.303. The molecule has 1 aromatic heterocycles. The first-order chi connectivity index (χ1) is 12.7. The Hall–Kier alpha value is -3.17. The molecule has 1 aliphatic heterocycles. The largest absolute Gasteiger partial charge is 0.378 e. The van der Waals surface area contributed by atoms with Gasteiger partial charge < -0.3 is 14.6 Å². The number of anilines is 1. The number of H-pyrrole nitrogens is 1. The van der Waals surface area contributed by atoms with Gasteiger partial charge in [-0.25, -0.2) is 9.37 Å². The fourth-order valence-corrected chi connectivity index (χ4v) is 3.07. The number of para-hydroxylation sites is 2. The van der Waals surface area contributed by atoms with Gasteiger partial charge in [0.1, 0.15) is 17.7 Å². The number of hydrogen-bond acceptors (Lipinski definition) is 4. The number of nitrogens with zero attached hydrogens (tertiary/aromatic N) is 3. The summed E-state index contributed by atoms with van der Waals surface area (Å²) < 4.78 is 19.8. The van der Waals surface area contributed by atoms with E-state index in [4.69, 9.17) is 4.74 Å². The van der Waals surface area contributed by atoms with Crippen molar-refractivity contribution in [2.24, 2.45) is 0 Å². The SMILES string of the molecule is N#C/C(=C\c1ccc(N2CCOCC2)c(F)c1)c1nc2ccccc2[nH]1. The second kappa shape index (κ2) is 6.98. The summed E-state index contributed by atoms with van der Waals surface area (Å²) in [4.78, 5) is 9.53. The third kappa shape index (κ3) is 3.17. The number of aromatic nitrogens is 2. The molecule has 4 rings (SSSR count). The van der Waals surface area contributed by atoms with E-state index in [2.05, 4.69) is 16.0 Å². The van der Waals surface area contributed by atoms with Gasteiger partial charge in [0.05, 0.1) is 35.5 Å². The molecule has 0 aliphatic carbocycles. The molecular formula is C20H17FN4O. The van der Waals surface area contributed by atoms with Gasteiger partial charge in [0.2, 0.25) is 0 Å². The van der Waals surface area contributed by atoms with Gasteiger partial charge in [-0.05, 0) is 35.9 Å². The van der Waals surface area contributed by atoms with Crippen LogP contribution in [0.4, 0.5) is 10.1 Å². The second-order valence-electron chi connectivity index (χ2n) is 6.08. The van der Waals surface area contributed by atoms with Crippen molar-refractivity contribution in [3.05, 3.63) is 59.7 Å². The minimum atomic E-state index is -0.303. The molecule has 26 heavy (non-hydrogen) atoms. The Kier molecular flexibility index (Phi) is 4.38. The van der Waals surface area contributed by atoms with Crippen molar-refractivity contribution in [3.8, 4) is 6.07 Å². The molecule has 0 unspecified atom stereocenters. The summed E-state index contributed by atoms with van der Waals surface area (Å²) in [6.45, 7) is 2.56. The molecular weight excluding hydrogens is 331 g/mol. The molecule has 0 spiro atoms. The van der Waals surface area contributed by atoms with E-state index < -0.39 is 0 Å². The van der Waals surface area contributed by atoms with E-state index in [0.29, 0.717) is 49.0 Å². The number of morpholine rings is 1. The molecule has 0 radical (unpaired) electrons. The molecule has 0 bridgehead atoms. The number of halogens is 1. The van der Waals surface area contributed by atoms with E-state index in [1.807, 2.05) is 35.2 Å². The van der Waals surface area contributed by atoms with Crippen LogP contribution in [0.1, 0.15) is 11.4 Å². The van der Waals surface area contributed by atoms with Crippen LogP contribution in [-0.2, 0) is 4.74 Å². The average molecular weight is 348 g/mol. The van der Waals surface area contributed by atoms with Crippen LogP contribution in [0.25, 0.3) is 22.7 Å². The number of fused-ring (bicyclic) bond motifs is 1. The van der Waals surface area contributed by atoms with Crippen LogP contribution in [-0.4, -0.2) is 36.3 Å². The third-order valence-corrected chi connectivity index (χ3v) is 4.40. The van der Waals surface area contributed by atoms with Crippen LogP contribution in [0.15, 0.2) is 42.5 Å². The molecule has 5 nitrogen and oxygen atoms in total. The van der Waals surface area contributed by atoms with Crippen molar-refractivity contribution < 1.29 is 9.13 Å². The number of hydrogen-bond donors (Lipinski definition) is 1. The zero-order valence-corrected chi connectivity index (χ0v) is 14.1. The summed E-state index contributed by atoms with van der Waals surface area (Å²) in [5, 5.41) is 9.50. The van der Waals surface area contributed by atoms with E-state index in [1.54, 1.807) is 12.1 Å². The third-order valence-electron chi connectivity index (χ3n) is 4.40. The van der Waals surface area contributed by atoms with Crippen LogP contribution in [0.2, 0.25) is 0 Å². The van der Waals surface area contributed by atoms with E-state index >= 15 is 0 Å². The maximum Gasteiger partial charge on any atom is 0.149 e. The Morgan fingerprint density at radius 1 is 1.23 bits per heavy atom. The summed E-state index contributed by atoms with van der Waals surface area (Å²) >= 11 is 0. The van der Waals surface area contributed by atoms with Crippen LogP contribution < -0.4 is 4.90 Å². The van der Waals surface area contributed by atoms with E-state index in [0.717, 1.165) is 11.0 Å². The summed E-state index contributed by atoms with van der Waals surface area (Å²) in [6, 6.07) is 14.7. The molecule has 2 aromatic carbocycles. The van der Waals surface area contributed by atoms with Crippen LogP contribution >= 0.6 is 0 Å². The number of imidazole rings is 1. The molecule has 1 fully saturated rings. The van der Waals surface area contributed by atoms with Gasteiger partial charge in [-0.3, -0.25) is 0 Å². The zero-order chi connectivity index (χ0) is 17.9. The maximum absolute atomic E-state index is 14.5. The summed E-state index contributed by atoms with van der Waals surface area (Å²) in [7, 11) is 0. The average Bonchev–Trinajstić information content (AvgIpc) is 3.11. The van der Waals surface area contributed by atoms with Crippen LogP contribution in [0, 0.1) is 17.1 Å².